The number of anilines is 1. The maximum absolute atomic E-state index is 15.4. The van der Waals surface area contributed by atoms with Gasteiger partial charge in [-0.3, -0.25) is 9.69 Å². The van der Waals surface area contributed by atoms with Gasteiger partial charge in [0, 0.05) is 30.7 Å². The lowest BCUT2D eigenvalue weighted by molar-refractivity contribution is 0.0378. The van der Waals surface area contributed by atoms with E-state index in [1.807, 2.05) is 36.4 Å². The van der Waals surface area contributed by atoms with Crippen LogP contribution >= 0.6 is 11.8 Å². The molecular weight excluding hydrogens is 481 g/mol. The van der Waals surface area contributed by atoms with Gasteiger partial charge >= 0.3 is 5.97 Å². The summed E-state index contributed by atoms with van der Waals surface area (Å²) in [6.07, 6.45) is 2.19. The molecule has 2 aliphatic heterocycles. The predicted octanol–water partition coefficient (Wildman–Crippen LogP) is 4.58. The van der Waals surface area contributed by atoms with Gasteiger partial charge in [-0.05, 0) is 41.9 Å². The third-order valence-electron chi connectivity index (χ3n) is 6.78. The molecule has 0 aliphatic carbocycles. The highest BCUT2D eigenvalue weighted by atomic mass is 32.2. The summed E-state index contributed by atoms with van der Waals surface area (Å²) >= 11 is 1.40. The SMILES string of the molecule is O=C(O)c1cn2c3c(c(NCCCN4CCOCC4)c(F)cc3c1=O)Sc1cc3ccccc3cc1-2. The largest absolute Gasteiger partial charge is 0.477 e. The van der Waals surface area contributed by atoms with Crippen molar-refractivity contribution in [3.05, 3.63) is 70.3 Å². The minimum absolute atomic E-state index is 0.0626. The lowest BCUT2D eigenvalue weighted by Crippen LogP contribution is -2.37. The fraction of sp³-hybridized carbons (Fsp3) is 0.259. The summed E-state index contributed by atoms with van der Waals surface area (Å²) in [6.45, 7) is 4.71. The number of fused-ring (bicyclic) bond motifs is 3. The molecule has 0 unspecified atom stereocenters. The summed E-state index contributed by atoms with van der Waals surface area (Å²) in [5.41, 5.74) is 0.561. The van der Waals surface area contributed by atoms with E-state index < -0.39 is 17.2 Å². The average molecular weight is 506 g/mol. The van der Waals surface area contributed by atoms with Crippen molar-refractivity contribution in [3.8, 4) is 5.69 Å². The smallest absolute Gasteiger partial charge is 0.341 e. The van der Waals surface area contributed by atoms with Crippen molar-refractivity contribution in [2.24, 2.45) is 0 Å². The molecule has 0 spiro atoms. The number of nitrogens with one attached hydrogen (secondary N) is 1. The number of aromatic nitrogens is 1. The Morgan fingerprint density at radius 2 is 1.89 bits per heavy atom. The van der Waals surface area contributed by atoms with E-state index in [9.17, 15) is 14.7 Å². The number of carboxylic acid groups (broad SMARTS) is 1. The molecule has 6 rings (SSSR count). The molecule has 2 aliphatic rings. The quantitative estimate of drug-likeness (QED) is 0.327. The van der Waals surface area contributed by atoms with Crippen LogP contribution in [0, 0.1) is 5.82 Å². The number of hydrogen-bond acceptors (Lipinski definition) is 6. The molecule has 1 saturated heterocycles. The number of rotatable bonds is 6. The number of morpholine rings is 1. The molecule has 0 radical (unpaired) electrons. The Morgan fingerprint density at radius 1 is 1.14 bits per heavy atom. The number of halogens is 1. The molecule has 0 bridgehead atoms. The van der Waals surface area contributed by atoms with Gasteiger partial charge in [0.2, 0.25) is 5.43 Å². The van der Waals surface area contributed by atoms with Crippen LogP contribution in [-0.2, 0) is 4.74 Å². The van der Waals surface area contributed by atoms with Crippen LogP contribution in [0.2, 0.25) is 0 Å². The van der Waals surface area contributed by atoms with E-state index in [1.54, 1.807) is 4.57 Å². The zero-order valence-corrected chi connectivity index (χ0v) is 20.2. The first kappa shape index (κ1) is 23.0. The van der Waals surface area contributed by atoms with E-state index in [1.165, 1.54) is 24.0 Å². The van der Waals surface area contributed by atoms with E-state index in [4.69, 9.17) is 4.74 Å². The molecule has 0 saturated carbocycles. The normalized spacial score (nSPS) is 15.2. The van der Waals surface area contributed by atoms with E-state index in [0.717, 1.165) is 60.6 Å². The van der Waals surface area contributed by atoms with Crippen molar-refractivity contribution in [2.45, 2.75) is 16.2 Å². The van der Waals surface area contributed by atoms with Gasteiger partial charge in [0.05, 0.1) is 40.4 Å². The van der Waals surface area contributed by atoms with Crippen molar-refractivity contribution in [3.63, 3.8) is 0 Å². The van der Waals surface area contributed by atoms with Gasteiger partial charge in [0.25, 0.3) is 0 Å². The molecule has 2 N–H and O–H groups in total. The second-order valence-corrected chi connectivity index (χ2v) is 10.1. The minimum Gasteiger partial charge on any atom is -0.477 e. The molecule has 3 heterocycles. The molecular formula is C27H24FN3O4S. The zero-order chi connectivity index (χ0) is 24.8. The fourth-order valence-electron chi connectivity index (χ4n) is 4.96. The number of benzene rings is 3. The van der Waals surface area contributed by atoms with E-state index >= 15 is 4.39 Å². The second kappa shape index (κ2) is 9.24. The van der Waals surface area contributed by atoms with Crippen LogP contribution in [0.4, 0.5) is 10.1 Å². The minimum atomic E-state index is -1.33. The van der Waals surface area contributed by atoms with Gasteiger partial charge in [-0.25, -0.2) is 9.18 Å². The summed E-state index contributed by atoms with van der Waals surface area (Å²) in [4.78, 5) is 28.7. The average Bonchev–Trinajstić information content (AvgIpc) is 2.88. The topological polar surface area (TPSA) is 83.8 Å². The van der Waals surface area contributed by atoms with Crippen LogP contribution < -0.4 is 10.7 Å². The van der Waals surface area contributed by atoms with Crippen molar-refractivity contribution >= 4 is 45.1 Å². The van der Waals surface area contributed by atoms with Crippen LogP contribution in [0.15, 0.2) is 63.2 Å². The first-order valence-corrected chi connectivity index (χ1v) is 12.7. The van der Waals surface area contributed by atoms with Crippen molar-refractivity contribution in [1.29, 1.82) is 0 Å². The summed E-state index contributed by atoms with van der Waals surface area (Å²) < 4.78 is 22.6. The van der Waals surface area contributed by atoms with Crippen molar-refractivity contribution in [1.82, 2.24) is 9.47 Å². The van der Waals surface area contributed by atoms with Gasteiger partial charge in [-0.1, -0.05) is 36.0 Å². The highest BCUT2D eigenvalue weighted by Crippen LogP contribution is 2.47. The van der Waals surface area contributed by atoms with Crippen molar-refractivity contribution < 1.29 is 19.0 Å². The molecule has 4 aromatic rings. The Hall–Kier alpha value is -3.40. The molecule has 0 amide bonds. The third-order valence-corrected chi connectivity index (χ3v) is 7.93. The molecule has 0 atom stereocenters. The van der Waals surface area contributed by atoms with Crippen LogP contribution in [0.1, 0.15) is 16.8 Å². The highest BCUT2D eigenvalue weighted by Gasteiger charge is 2.27. The Morgan fingerprint density at radius 3 is 2.64 bits per heavy atom. The lowest BCUT2D eigenvalue weighted by atomic mass is 10.1. The second-order valence-electron chi connectivity index (χ2n) is 9.01. The van der Waals surface area contributed by atoms with E-state index in [0.29, 0.717) is 22.6 Å². The lowest BCUT2D eigenvalue weighted by Gasteiger charge is -2.27. The van der Waals surface area contributed by atoms with Gasteiger partial charge < -0.3 is 19.7 Å². The Bertz CT molecular complexity index is 1580. The number of hydrogen-bond donors (Lipinski definition) is 2. The predicted molar refractivity (Wildman–Crippen MR) is 138 cm³/mol. The first-order chi connectivity index (χ1) is 17.5. The van der Waals surface area contributed by atoms with Crippen LogP contribution in [0.3, 0.4) is 0 Å². The number of ether oxygens (including phenoxy) is 1. The maximum Gasteiger partial charge on any atom is 0.341 e. The molecule has 9 heteroatoms. The summed E-state index contributed by atoms with van der Waals surface area (Å²) in [5, 5.41) is 15.0. The number of aromatic carboxylic acids is 1. The van der Waals surface area contributed by atoms with E-state index in [-0.39, 0.29) is 10.9 Å². The summed E-state index contributed by atoms with van der Waals surface area (Å²) in [5.74, 6) is -1.90. The molecule has 1 aromatic heterocycles. The molecule has 7 nitrogen and oxygen atoms in total. The molecule has 3 aromatic carbocycles. The molecule has 184 valence electrons. The van der Waals surface area contributed by atoms with Gasteiger partial charge in [0.15, 0.2) is 0 Å². The number of nitrogens with zero attached hydrogens (tertiary/aromatic N) is 2. The van der Waals surface area contributed by atoms with Crippen molar-refractivity contribution in [2.75, 3.05) is 44.7 Å². The van der Waals surface area contributed by atoms with Gasteiger partial charge in [-0.15, -0.1) is 0 Å². The standard InChI is InChI=1S/C27H24FN3O4S/c28-20-14-18-24-26(23(20)29-6-3-7-30-8-10-35-11-9-30)36-22-13-17-5-2-1-4-16(17)12-21(22)31(24)15-19(25(18)32)27(33)34/h1-2,4-5,12-15,29H,3,6-11H2,(H,33,34). The van der Waals surface area contributed by atoms with Gasteiger partial charge in [0.1, 0.15) is 11.4 Å². The van der Waals surface area contributed by atoms with E-state index in [2.05, 4.69) is 10.2 Å². The Kier molecular flexibility index (Phi) is 5.91. The monoisotopic (exact) mass is 505 g/mol. The first-order valence-electron chi connectivity index (χ1n) is 11.9. The maximum atomic E-state index is 15.4. The third kappa shape index (κ3) is 3.93. The molecule has 36 heavy (non-hydrogen) atoms. The van der Waals surface area contributed by atoms with Crippen LogP contribution in [-0.4, -0.2) is 59.9 Å². The fourth-order valence-corrected chi connectivity index (χ4v) is 6.20. The number of carbonyl (C=O) groups is 1. The zero-order valence-electron chi connectivity index (χ0n) is 19.4. The van der Waals surface area contributed by atoms with Gasteiger partial charge in [-0.2, -0.15) is 0 Å². The highest BCUT2D eigenvalue weighted by molar-refractivity contribution is 8.00. The summed E-state index contributed by atoms with van der Waals surface area (Å²) in [7, 11) is 0. The number of carboxylic acids is 1. The number of pyridine rings is 1. The van der Waals surface area contributed by atoms with Crippen LogP contribution in [0.5, 0.6) is 0 Å². The Balaban J connectivity index is 1.46. The van der Waals surface area contributed by atoms with Crippen LogP contribution in [0.25, 0.3) is 27.4 Å². The Labute approximate surface area is 210 Å². The molecule has 1 fully saturated rings. The summed E-state index contributed by atoms with van der Waals surface area (Å²) in [6, 6.07) is 13.1.